The number of hydrogen-bond donors (Lipinski definition) is 0. The number of ether oxygens (including phenoxy) is 4. The van der Waals surface area contributed by atoms with Gasteiger partial charge in [0.2, 0.25) is 0 Å². The van der Waals surface area contributed by atoms with Gasteiger partial charge in [-0.25, -0.2) is 4.39 Å². The van der Waals surface area contributed by atoms with Crippen molar-refractivity contribution in [3.05, 3.63) is 58.9 Å². The molecule has 0 radical (unpaired) electrons. The predicted octanol–water partition coefficient (Wildman–Crippen LogP) is 3.90. The highest BCUT2D eigenvalue weighted by Gasteiger charge is 2.18. The maximum absolute atomic E-state index is 13.6. The van der Waals surface area contributed by atoms with E-state index < -0.39 is 5.82 Å². The SMILES string of the molecule is Cc1cccc(OCCCC(=O)OCc2cc(F)cc3c2OCOC3)c1. The van der Waals surface area contributed by atoms with Crippen molar-refractivity contribution < 1.29 is 28.1 Å². The molecule has 0 fully saturated rings. The Balaban J connectivity index is 1.44. The minimum absolute atomic E-state index is 0.0301. The van der Waals surface area contributed by atoms with Crippen LogP contribution in [0.2, 0.25) is 0 Å². The first kappa shape index (κ1) is 18.2. The standard InChI is InChI=1S/C20H21FO5/c1-14-4-2-5-18(8-14)24-7-3-6-19(22)25-12-16-10-17(21)9-15-11-23-13-26-20(15)16/h2,4-5,8-10H,3,6-7,11-13H2,1H3. The molecule has 5 nitrogen and oxygen atoms in total. The quantitative estimate of drug-likeness (QED) is 0.554. The number of hydrogen-bond acceptors (Lipinski definition) is 5. The number of carbonyl (C=O) groups excluding carboxylic acids is 1. The number of benzene rings is 2. The summed E-state index contributed by atoms with van der Waals surface area (Å²) in [5.74, 6) is 0.552. The molecule has 0 N–H and O–H groups in total. The second-order valence-electron chi connectivity index (χ2n) is 6.09. The molecular weight excluding hydrogens is 339 g/mol. The summed E-state index contributed by atoms with van der Waals surface area (Å²) in [6, 6.07) is 10.4. The second kappa shape index (κ2) is 8.67. The number of esters is 1. The average molecular weight is 360 g/mol. The zero-order valence-electron chi connectivity index (χ0n) is 14.6. The Hall–Kier alpha value is -2.60. The van der Waals surface area contributed by atoms with Crippen molar-refractivity contribution in [1.29, 1.82) is 0 Å². The molecule has 1 aliphatic rings. The van der Waals surface area contributed by atoms with E-state index in [0.717, 1.165) is 11.3 Å². The van der Waals surface area contributed by atoms with E-state index in [-0.39, 0.29) is 32.4 Å². The Morgan fingerprint density at radius 3 is 3.00 bits per heavy atom. The Labute approximate surface area is 151 Å². The summed E-state index contributed by atoms with van der Waals surface area (Å²) in [5.41, 5.74) is 2.24. The molecule has 2 aromatic carbocycles. The first-order chi connectivity index (χ1) is 12.6. The van der Waals surface area contributed by atoms with Crippen molar-refractivity contribution in [2.24, 2.45) is 0 Å². The van der Waals surface area contributed by atoms with Gasteiger partial charge >= 0.3 is 5.97 Å². The molecule has 138 valence electrons. The number of rotatable bonds is 7. The van der Waals surface area contributed by atoms with Gasteiger partial charge in [-0.15, -0.1) is 0 Å². The van der Waals surface area contributed by atoms with Crippen molar-refractivity contribution in [2.75, 3.05) is 13.4 Å². The molecule has 0 spiro atoms. The fourth-order valence-corrected chi connectivity index (χ4v) is 2.71. The smallest absolute Gasteiger partial charge is 0.306 e. The predicted molar refractivity (Wildman–Crippen MR) is 92.4 cm³/mol. The summed E-state index contributed by atoms with van der Waals surface area (Å²) >= 11 is 0. The molecule has 0 aliphatic carbocycles. The maximum atomic E-state index is 13.6. The molecule has 0 saturated heterocycles. The molecule has 0 aromatic heterocycles. The fourth-order valence-electron chi connectivity index (χ4n) is 2.71. The first-order valence-corrected chi connectivity index (χ1v) is 8.49. The van der Waals surface area contributed by atoms with Crippen molar-refractivity contribution in [1.82, 2.24) is 0 Å². The van der Waals surface area contributed by atoms with Gasteiger partial charge in [0, 0.05) is 17.5 Å². The Bertz CT molecular complexity index is 775. The number of carbonyl (C=O) groups is 1. The lowest BCUT2D eigenvalue weighted by atomic mass is 10.1. The lowest BCUT2D eigenvalue weighted by Crippen LogP contribution is -2.15. The van der Waals surface area contributed by atoms with E-state index in [9.17, 15) is 9.18 Å². The number of halogens is 1. The van der Waals surface area contributed by atoms with Crippen molar-refractivity contribution in [3.63, 3.8) is 0 Å². The first-order valence-electron chi connectivity index (χ1n) is 8.49. The van der Waals surface area contributed by atoms with Crippen LogP contribution in [-0.4, -0.2) is 19.4 Å². The monoisotopic (exact) mass is 360 g/mol. The molecule has 0 unspecified atom stereocenters. The highest BCUT2D eigenvalue weighted by atomic mass is 19.1. The van der Waals surface area contributed by atoms with Crippen LogP contribution in [0.4, 0.5) is 4.39 Å². The molecule has 0 saturated carbocycles. The van der Waals surface area contributed by atoms with E-state index in [1.54, 1.807) is 0 Å². The van der Waals surface area contributed by atoms with Gasteiger partial charge in [0.15, 0.2) is 6.79 Å². The third-order valence-corrected chi connectivity index (χ3v) is 3.92. The lowest BCUT2D eigenvalue weighted by Gasteiger charge is -2.20. The largest absolute Gasteiger partial charge is 0.494 e. The summed E-state index contributed by atoms with van der Waals surface area (Å²) in [7, 11) is 0. The summed E-state index contributed by atoms with van der Waals surface area (Å²) in [5, 5.41) is 0. The molecule has 3 rings (SSSR count). The minimum Gasteiger partial charge on any atom is -0.494 e. The average Bonchev–Trinajstić information content (AvgIpc) is 2.63. The molecule has 1 heterocycles. The molecule has 6 heteroatoms. The van der Waals surface area contributed by atoms with Crippen LogP contribution in [-0.2, 0) is 27.5 Å². The van der Waals surface area contributed by atoms with Gasteiger partial charge < -0.3 is 18.9 Å². The van der Waals surface area contributed by atoms with E-state index >= 15 is 0 Å². The molecule has 0 bridgehead atoms. The molecular formula is C20H21FO5. The Morgan fingerprint density at radius 2 is 2.15 bits per heavy atom. The zero-order valence-corrected chi connectivity index (χ0v) is 14.6. The molecule has 1 aliphatic heterocycles. The summed E-state index contributed by atoms with van der Waals surface area (Å²) in [6.07, 6.45) is 0.770. The van der Waals surface area contributed by atoms with E-state index in [4.69, 9.17) is 18.9 Å². The topological polar surface area (TPSA) is 54.0 Å². The fraction of sp³-hybridized carbons (Fsp3) is 0.350. The summed E-state index contributed by atoms with van der Waals surface area (Å²) in [4.78, 5) is 11.9. The van der Waals surface area contributed by atoms with E-state index in [2.05, 4.69) is 0 Å². The van der Waals surface area contributed by atoms with Crippen LogP contribution in [0, 0.1) is 12.7 Å². The lowest BCUT2D eigenvalue weighted by molar-refractivity contribution is -0.145. The summed E-state index contributed by atoms with van der Waals surface area (Å²) in [6.45, 7) is 2.78. The molecule has 26 heavy (non-hydrogen) atoms. The van der Waals surface area contributed by atoms with Crippen LogP contribution >= 0.6 is 0 Å². The Kier molecular flexibility index (Phi) is 6.07. The second-order valence-corrected chi connectivity index (χ2v) is 6.09. The van der Waals surface area contributed by atoms with Crippen LogP contribution < -0.4 is 9.47 Å². The highest BCUT2D eigenvalue weighted by molar-refractivity contribution is 5.69. The maximum Gasteiger partial charge on any atom is 0.306 e. The van der Waals surface area contributed by atoms with Crippen molar-refractivity contribution in [2.45, 2.75) is 33.0 Å². The number of aryl methyl sites for hydroxylation is 1. The number of fused-ring (bicyclic) bond motifs is 1. The van der Waals surface area contributed by atoms with Crippen LogP contribution in [0.1, 0.15) is 29.5 Å². The van der Waals surface area contributed by atoms with Gasteiger partial charge in [0.25, 0.3) is 0 Å². The molecule has 2 aromatic rings. The van der Waals surface area contributed by atoms with Gasteiger partial charge in [0.05, 0.1) is 13.2 Å². The molecule has 0 atom stereocenters. The van der Waals surface area contributed by atoms with Gasteiger partial charge in [-0.1, -0.05) is 12.1 Å². The third-order valence-electron chi connectivity index (χ3n) is 3.92. The normalized spacial score (nSPS) is 12.8. The highest BCUT2D eigenvalue weighted by Crippen LogP contribution is 2.30. The van der Waals surface area contributed by atoms with Gasteiger partial charge in [0.1, 0.15) is 23.9 Å². The van der Waals surface area contributed by atoms with Gasteiger partial charge in [-0.05, 0) is 43.2 Å². The summed E-state index contributed by atoms with van der Waals surface area (Å²) < 4.78 is 35.0. The minimum atomic E-state index is -0.407. The van der Waals surface area contributed by atoms with Crippen LogP contribution in [0.5, 0.6) is 11.5 Å². The third kappa shape index (κ3) is 4.95. The Morgan fingerprint density at radius 1 is 1.27 bits per heavy atom. The van der Waals surface area contributed by atoms with E-state index in [1.807, 2.05) is 31.2 Å². The van der Waals surface area contributed by atoms with Crippen LogP contribution in [0.25, 0.3) is 0 Å². The molecule has 0 amide bonds. The van der Waals surface area contributed by atoms with E-state index in [0.29, 0.717) is 29.9 Å². The van der Waals surface area contributed by atoms with Gasteiger partial charge in [-0.2, -0.15) is 0 Å². The van der Waals surface area contributed by atoms with Crippen molar-refractivity contribution in [3.8, 4) is 11.5 Å². The van der Waals surface area contributed by atoms with Crippen LogP contribution in [0.15, 0.2) is 36.4 Å². The zero-order chi connectivity index (χ0) is 18.4. The van der Waals surface area contributed by atoms with Crippen molar-refractivity contribution >= 4 is 5.97 Å². The van der Waals surface area contributed by atoms with E-state index in [1.165, 1.54) is 12.1 Å². The van der Waals surface area contributed by atoms with Crippen LogP contribution in [0.3, 0.4) is 0 Å². The van der Waals surface area contributed by atoms with Gasteiger partial charge in [-0.3, -0.25) is 4.79 Å².